The first-order valence-electron chi connectivity index (χ1n) is 10.3. The number of anilines is 1. The third kappa shape index (κ3) is 3.98. The van der Waals surface area contributed by atoms with E-state index in [4.69, 9.17) is 19.9 Å². The summed E-state index contributed by atoms with van der Waals surface area (Å²) in [5, 5.41) is 20.1. The Morgan fingerprint density at radius 2 is 2.16 bits per heavy atom. The fraction of sp³-hybridized carbons (Fsp3) is 0.550. The lowest BCUT2D eigenvalue weighted by Crippen LogP contribution is -2.25. The minimum absolute atomic E-state index is 0.0227. The minimum atomic E-state index is -0.789. The normalized spacial score (nSPS) is 29.8. The number of fused-ring (bicyclic) bond motifs is 1. The number of aliphatic hydroxyl groups is 2. The van der Waals surface area contributed by atoms with Gasteiger partial charge in [-0.15, -0.1) is 0 Å². The Bertz CT molecular complexity index is 1090. The number of nitrogens with zero attached hydrogens (tertiary/aromatic N) is 2. The van der Waals surface area contributed by atoms with E-state index >= 15 is 0 Å². The number of aromatic amines is 1. The molecule has 168 valence electrons. The van der Waals surface area contributed by atoms with Crippen molar-refractivity contribution in [3.63, 3.8) is 0 Å². The molecule has 3 aliphatic heterocycles. The van der Waals surface area contributed by atoms with Gasteiger partial charge in [0.1, 0.15) is 12.3 Å². The number of aliphatic hydroxyl groups excluding tert-OH is 2. The molecule has 10 nitrogen and oxygen atoms in total. The van der Waals surface area contributed by atoms with Gasteiger partial charge in [-0.25, -0.2) is 0 Å². The lowest BCUT2D eigenvalue weighted by molar-refractivity contribution is -0.151. The molecule has 0 radical (unpaired) electrons. The highest BCUT2D eigenvalue weighted by atomic mass is 127. The van der Waals surface area contributed by atoms with Crippen molar-refractivity contribution >= 4 is 41.7 Å². The van der Waals surface area contributed by atoms with Crippen LogP contribution in [0.4, 0.5) is 5.95 Å². The van der Waals surface area contributed by atoms with Crippen LogP contribution in [0.15, 0.2) is 20.6 Å². The maximum Gasteiger partial charge on any atom is 0.262 e. The number of hydrogen-bond acceptors (Lipinski definition) is 8. The Morgan fingerprint density at radius 1 is 1.35 bits per heavy atom. The van der Waals surface area contributed by atoms with E-state index in [1.807, 2.05) is 6.20 Å². The zero-order valence-corrected chi connectivity index (χ0v) is 18.9. The van der Waals surface area contributed by atoms with Gasteiger partial charge in [0.05, 0.1) is 31.3 Å². The molecule has 11 heteroatoms. The van der Waals surface area contributed by atoms with Gasteiger partial charge in [0, 0.05) is 22.1 Å². The van der Waals surface area contributed by atoms with Crippen LogP contribution >= 0.6 is 20.7 Å². The Labute approximate surface area is 187 Å². The number of allylic oxidation sites excluding steroid dienone is 1. The molecular formula is C20H25IN4O6. The second-order valence-electron chi connectivity index (χ2n) is 7.85. The van der Waals surface area contributed by atoms with Gasteiger partial charge in [0.25, 0.3) is 5.56 Å². The van der Waals surface area contributed by atoms with E-state index in [2.05, 4.69) is 20.1 Å². The van der Waals surface area contributed by atoms with Gasteiger partial charge in [-0.05, 0) is 22.4 Å². The second kappa shape index (κ2) is 8.71. The fourth-order valence-electron chi connectivity index (χ4n) is 4.23. The van der Waals surface area contributed by atoms with Crippen molar-refractivity contribution in [2.45, 2.75) is 49.9 Å². The number of rotatable bonds is 4. The molecule has 5 heterocycles. The molecule has 0 aliphatic carbocycles. The van der Waals surface area contributed by atoms with Gasteiger partial charge < -0.3 is 34.7 Å². The molecule has 5 N–H and O–H groups in total. The summed E-state index contributed by atoms with van der Waals surface area (Å²) in [7, 11) is 0. The summed E-state index contributed by atoms with van der Waals surface area (Å²) >= 11 is -0.419. The summed E-state index contributed by atoms with van der Waals surface area (Å²) < 4.78 is 22.5. The van der Waals surface area contributed by atoms with Crippen LogP contribution in [-0.2, 0) is 14.2 Å². The number of halogens is 1. The number of aromatic nitrogens is 3. The van der Waals surface area contributed by atoms with Crippen LogP contribution in [0.1, 0.15) is 37.0 Å². The van der Waals surface area contributed by atoms with Crippen LogP contribution in [0.25, 0.3) is 11.0 Å². The largest absolute Gasteiger partial charge is 0.394 e. The number of ether oxygens (including phenoxy) is 3. The molecule has 2 aromatic heterocycles. The lowest BCUT2D eigenvalue weighted by Gasteiger charge is -2.26. The van der Waals surface area contributed by atoms with Crippen molar-refractivity contribution in [1.29, 1.82) is 0 Å². The van der Waals surface area contributed by atoms with Crippen molar-refractivity contribution in [3.8, 4) is 0 Å². The fourth-order valence-corrected chi connectivity index (χ4v) is 6.92. The van der Waals surface area contributed by atoms with Gasteiger partial charge in [-0.1, -0.05) is 26.8 Å². The monoisotopic (exact) mass is 544 g/mol. The predicted molar refractivity (Wildman–Crippen MR) is 122 cm³/mol. The van der Waals surface area contributed by atoms with Gasteiger partial charge in [0.2, 0.25) is 5.95 Å². The molecule has 4 unspecified atom stereocenters. The van der Waals surface area contributed by atoms with Gasteiger partial charge in [0.15, 0.2) is 11.9 Å². The summed E-state index contributed by atoms with van der Waals surface area (Å²) in [6, 6.07) is 0. The standard InChI is InChI=1S/C20H25IN4O6/c22-20-23-17-16(18(28)24-20)11(8-25(17)15-6-13(27)14(9-26)31-15)10-2-3-12(21-7-10)19-29-4-1-5-30-19/h3,7-8,10,13-15,19,26-27H,1-2,4-6,9H2,(H3,22,23,24,28). The molecular weight excluding hydrogens is 519 g/mol. The van der Waals surface area contributed by atoms with Crippen LogP contribution in [0.3, 0.4) is 0 Å². The summed E-state index contributed by atoms with van der Waals surface area (Å²) in [6.45, 7) is 1.15. The SMILES string of the molecule is Nc1nc2c(c(C3C=IC(C4OCCCO4)=CC3)cn2C2CC(O)C(CO)O2)c(=O)[nH]1. The number of nitrogen functional groups attached to an aromatic ring is 1. The van der Waals surface area contributed by atoms with Crippen LogP contribution in [0, 0.1) is 0 Å². The van der Waals surface area contributed by atoms with Crippen molar-refractivity contribution < 1.29 is 24.4 Å². The first-order chi connectivity index (χ1) is 15.0. The summed E-state index contributed by atoms with van der Waals surface area (Å²) in [6.07, 6.45) is 3.76. The Kier molecular flexibility index (Phi) is 5.96. The van der Waals surface area contributed by atoms with Crippen molar-refractivity contribution in [3.05, 3.63) is 31.8 Å². The van der Waals surface area contributed by atoms with E-state index in [1.54, 1.807) is 4.57 Å². The van der Waals surface area contributed by atoms with E-state index in [1.165, 1.54) is 3.58 Å². The van der Waals surface area contributed by atoms with Gasteiger partial charge >= 0.3 is 0 Å². The molecule has 2 aromatic rings. The van der Waals surface area contributed by atoms with Crippen molar-refractivity contribution in [1.82, 2.24) is 14.5 Å². The Balaban J connectivity index is 1.49. The van der Waals surface area contributed by atoms with Crippen LogP contribution in [0.2, 0.25) is 0 Å². The molecule has 0 aromatic carbocycles. The minimum Gasteiger partial charge on any atom is -0.394 e. The van der Waals surface area contributed by atoms with Gasteiger partial charge in [-0.3, -0.25) is 9.78 Å². The molecule has 5 rings (SSSR count). The topological polar surface area (TPSA) is 145 Å². The molecule has 3 aliphatic rings. The molecule has 0 spiro atoms. The molecule has 31 heavy (non-hydrogen) atoms. The zero-order chi connectivity index (χ0) is 21.5. The van der Waals surface area contributed by atoms with E-state index in [-0.39, 0.29) is 30.3 Å². The van der Waals surface area contributed by atoms with E-state index < -0.39 is 39.2 Å². The third-order valence-corrected chi connectivity index (χ3v) is 8.68. The predicted octanol–water partition coefficient (Wildman–Crippen LogP) is 0.855. The summed E-state index contributed by atoms with van der Waals surface area (Å²) in [4.78, 5) is 19.8. The summed E-state index contributed by atoms with van der Waals surface area (Å²) in [5.41, 5.74) is 6.79. The van der Waals surface area contributed by atoms with Crippen molar-refractivity contribution in [2.24, 2.45) is 0 Å². The quantitative estimate of drug-likeness (QED) is 0.415. The number of nitrogens with two attached hydrogens (primary N) is 1. The highest BCUT2D eigenvalue weighted by Crippen LogP contribution is 2.38. The molecule has 4 atom stereocenters. The average molecular weight is 544 g/mol. The van der Waals surface area contributed by atoms with Crippen LogP contribution < -0.4 is 11.3 Å². The highest BCUT2D eigenvalue weighted by Gasteiger charge is 2.36. The summed E-state index contributed by atoms with van der Waals surface area (Å²) in [5.74, 6) is 0.0739. The maximum atomic E-state index is 12.8. The van der Waals surface area contributed by atoms with Crippen LogP contribution in [0.5, 0.6) is 0 Å². The highest BCUT2D eigenvalue weighted by molar-refractivity contribution is 14.2. The number of hydrogen-bond donors (Lipinski definition) is 4. The molecule has 2 fully saturated rings. The van der Waals surface area contributed by atoms with Crippen molar-refractivity contribution in [2.75, 3.05) is 25.6 Å². The zero-order valence-electron chi connectivity index (χ0n) is 16.7. The Hall–Kier alpha value is -1.64. The third-order valence-electron chi connectivity index (χ3n) is 5.78. The first-order valence-corrected chi connectivity index (χ1v) is 12.6. The molecule has 0 bridgehead atoms. The number of H-pyrrole nitrogens is 1. The van der Waals surface area contributed by atoms with E-state index in [9.17, 15) is 15.0 Å². The maximum absolute atomic E-state index is 12.8. The first kappa shape index (κ1) is 21.2. The second-order valence-corrected chi connectivity index (χ2v) is 10.4. The smallest absolute Gasteiger partial charge is 0.262 e. The van der Waals surface area contributed by atoms with Gasteiger partial charge in [-0.2, -0.15) is 4.98 Å². The number of nitrogens with one attached hydrogen (secondary N) is 1. The van der Waals surface area contributed by atoms with E-state index in [0.29, 0.717) is 30.7 Å². The molecule has 0 saturated carbocycles. The molecule has 2 saturated heterocycles. The average Bonchev–Trinajstić information content (AvgIpc) is 3.35. The molecule has 0 amide bonds. The lowest BCUT2D eigenvalue weighted by atomic mass is 9.98. The Morgan fingerprint density at radius 3 is 2.84 bits per heavy atom. The van der Waals surface area contributed by atoms with Crippen LogP contribution in [-0.4, -0.2) is 67.1 Å². The van der Waals surface area contributed by atoms with E-state index in [0.717, 1.165) is 18.4 Å².